The SMILES string of the molecule is CCCCN(C)S(=O)(=O)NCC(C)O. The Bertz CT molecular complexity index is 239. The van der Waals surface area contributed by atoms with E-state index in [0.717, 1.165) is 12.8 Å². The van der Waals surface area contributed by atoms with Crippen LogP contribution in [0.5, 0.6) is 0 Å². The molecule has 0 spiro atoms. The van der Waals surface area contributed by atoms with Crippen molar-refractivity contribution in [3.8, 4) is 0 Å². The van der Waals surface area contributed by atoms with Crippen LogP contribution in [-0.2, 0) is 10.2 Å². The Balaban J connectivity index is 4.04. The van der Waals surface area contributed by atoms with E-state index in [9.17, 15) is 8.42 Å². The summed E-state index contributed by atoms with van der Waals surface area (Å²) in [6.07, 6.45) is 1.13. The lowest BCUT2D eigenvalue weighted by Crippen LogP contribution is -2.41. The molecule has 0 fully saturated rings. The third-order valence-electron chi connectivity index (χ3n) is 1.80. The Hall–Kier alpha value is -0.170. The molecule has 0 radical (unpaired) electrons. The van der Waals surface area contributed by atoms with Crippen molar-refractivity contribution < 1.29 is 13.5 Å². The maximum atomic E-state index is 11.4. The molecule has 6 heteroatoms. The summed E-state index contributed by atoms with van der Waals surface area (Å²) in [4.78, 5) is 0. The summed E-state index contributed by atoms with van der Waals surface area (Å²) < 4.78 is 26.5. The van der Waals surface area contributed by atoms with E-state index in [1.54, 1.807) is 0 Å². The number of nitrogens with one attached hydrogen (secondary N) is 1. The van der Waals surface area contributed by atoms with Crippen LogP contribution in [0.1, 0.15) is 26.7 Å². The fraction of sp³-hybridized carbons (Fsp3) is 1.00. The molecule has 2 N–H and O–H groups in total. The van der Waals surface area contributed by atoms with Crippen LogP contribution in [0, 0.1) is 0 Å². The van der Waals surface area contributed by atoms with Crippen molar-refractivity contribution in [2.75, 3.05) is 20.1 Å². The van der Waals surface area contributed by atoms with Crippen LogP contribution in [0.15, 0.2) is 0 Å². The first-order chi connectivity index (χ1) is 6.40. The topological polar surface area (TPSA) is 69.6 Å². The molecule has 0 saturated carbocycles. The van der Waals surface area contributed by atoms with Gasteiger partial charge in [-0.2, -0.15) is 17.4 Å². The van der Waals surface area contributed by atoms with E-state index in [1.165, 1.54) is 18.3 Å². The van der Waals surface area contributed by atoms with E-state index in [-0.39, 0.29) is 6.54 Å². The van der Waals surface area contributed by atoms with Crippen molar-refractivity contribution in [3.05, 3.63) is 0 Å². The van der Waals surface area contributed by atoms with Crippen LogP contribution in [0.4, 0.5) is 0 Å². The normalized spacial score (nSPS) is 14.6. The van der Waals surface area contributed by atoms with Gasteiger partial charge in [-0.3, -0.25) is 0 Å². The molecule has 0 aliphatic carbocycles. The number of unbranched alkanes of at least 4 members (excludes halogenated alkanes) is 1. The molecular formula is C8H20N2O3S. The van der Waals surface area contributed by atoms with Crippen LogP contribution in [-0.4, -0.2) is 44.1 Å². The zero-order valence-electron chi connectivity index (χ0n) is 9.02. The number of aliphatic hydroxyl groups is 1. The molecule has 0 aliphatic heterocycles. The van der Waals surface area contributed by atoms with Gasteiger partial charge in [0.2, 0.25) is 0 Å². The van der Waals surface area contributed by atoms with E-state index in [4.69, 9.17) is 5.11 Å². The maximum absolute atomic E-state index is 11.4. The van der Waals surface area contributed by atoms with Crippen LogP contribution >= 0.6 is 0 Å². The lowest BCUT2D eigenvalue weighted by Gasteiger charge is -2.17. The lowest BCUT2D eigenvalue weighted by molar-refractivity contribution is 0.198. The highest BCUT2D eigenvalue weighted by molar-refractivity contribution is 7.87. The average Bonchev–Trinajstić information content (AvgIpc) is 2.11. The van der Waals surface area contributed by atoms with E-state index in [2.05, 4.69) is 4.72 Å². The van der Waals surface area contributed by atoms with Gasteiger partial charge in [0, 0.05) is 20.1 Å². The Labute approximate surface area is 86.3 Å². The van der Waals surface area contributed by atoms with Crippen molar-refractivity contribution in [2.24, 2.45) is 0 Å². The Morgan fingerprint density at radius 2 is 2.07 bits per heavy atom. The average molecular weight is 224 g/mol. The minimum atomic E-state index is -3.40. The van der Waals surface area contributed by atoms with Gasteiger partial charge in [-0.25, -0.2) is 0 Å². The van der Waals surface area contributed by atoms with Gasteiger partial charge in [0.05, 0.1) is 6.10 Å². The number of rotatable bonds is 7. The molecule has 0 heterocycles. The number of hydrogen-bond donors (Lipinski definition) is 2. The van der Waals surface area contributed by atoms with Gasteiger partial charge >= 0.3 is 0 Å². The van der Waals surface area contributed by atoms with Crippen LogP contribution in [0.3, 0.4) is 0 Å². The van der Waals surface area contributed by atoms with Crippen molar-refractivity contribution >= 4 is 10.2 Å². The number of nitrogens with zero attached hydrogens (tertiary/aromatic N) is 1. The molecule has 14 heavy (non-hydrogen) atoms. The molecule has 1 unspecified atom stereocenters. The summed E-state index contributed by atoms with van der Waals surface area (Å²) in [5.41, 5.74) is 0. The summed E-state index contributed by atoms with van der Waals surface area (Å²) in [6, 6.07) is 0. The minimum absolute atomic E-state index is 0.0544. The highest BCUT2D eigenvalue weighted by Gasteiger charge is 2.16. The zero-order valence-corrected chi connectivity index (χ0v) is 9.84. The predicted molar refractivity (Wildman–Crippen MR) is 56.1 cm³/mol. The van der Waals surface area contributed by atoms with Gasteiger partial charge in [0.15, 0.2) is 0 Å². The first-order valence-electron chi connectivity index (χ1n) is 4.79. The molecule has 5 nitrogen and oxygen atoms in total. The quantitative estimate of drug-likeness (QED) is 0.636. The van der Waals surface area contributed by atoms with Crippen molar-refractivity contribution in [1.82, 2.24) is 9.03 Å². The summed E-state index contributed by atoms with van der Waals surface area (Å²) in [6.45, 7) is 4.10. The van der Waals surface area contributed by atoms with E-state index < -0.39 is 16.3 Å². The van der Waals surface area contributed by atoms with Gasteiger partial charge in [-0.05, 0) is 13.3 Å². The fourth-order valence-corrected chi connectivity index (χ4v) is 1.88. The molecule has 0 saturated heterocycles. The van der Waals surface area contributed by atoms with Gasteiger partial charge < -0.3 is 5.11 Å². The van der Waals surface area contributed by atoms with Gasteiger partial charge in [0.1, 0.15) is 0 Å². The van der Waals surface area contributed by atoms with Gasteiger partial charge in [-0.1, -0.05) is 13.3 Å². The molecule has 0 aromatic heterocycles. The smallest absolute Gasteiger partial charge is 0.279 e. The van der Waals surface area contributed by atoms with E-state index in [1.807, 2.05) is 6.92 Å². The van der Waals surface area contributed by atoms with Crippen LogP contribution < -0.4 is 4.72 Å². The predicted octanol–water partition coefficient (Wildman–Crippen LogP) is -0.0665. The molecule has 0 rings (SSSR count). The van der Waals surface area contributed by atoms with Crippen LogP contribution in [0.2, 0.25) is 0 Å². The monoisotopic (exact) mass is 224 g/mol. The molecule has 0 amide bonds. The molecule has 0 bridgehead atoms. The van der Waals surface area contributed by atoms with Crippen molar-refractivity contribution in [1.29, 1.82) is 0 Å². The lowest BCUT2D eigenvalue weighted by atomic mass is 10.3. The van der Waals surface area contributed by atoms with Gasteiger partial charge in [0.25, 0.3) is 10.2 Å². The zero-order chi connectivity index (χ0) is 11.2. The molecule has 0 aliphatic rings. The summed E-state index contributed by atoms with van der Waals surface area (Å²) in [5.74, 6) is 0. The van der Waals surface area contributed by atoms with E-state index >= 15 is 0 Å². The standard InChI is InChI=1S/C8H20N2O3S/c1-4-5-6-10(3)14(12,13)9-7-8(2)11/h8-9,11H,4-7H2,1-3H3. The Morgan fingerprint density at radius 3 is 2.50 bits per heavy atom. The summed E-state index contributed by atoms with van der Waals surface area (Å²) >= 11 is 0. The Morgan fingerprint density at radius 1 is 1.50 bits per heavy atom. The highest BCUT2D eigenvalue weighted by atomic mass is 32.2. The molecular weight excluding hydrogens is 204 g/mol. The third-order valence-corrected chi connectivity index (χ3v) is 3.33. The fourth-order valence-electron chi connectivity index (χ4n) is 0.837. The summed E-state index contributed by atoms with van der Waals surface area (Å²) in [7, 11) is -1.88. The Kier molecular flexibility index (Phi) is 6.26. The number of aliphatic hydroxyl groups excluding tert-OH is 1. The van der Waals surface area contributed by atoms with E-state index in [0.29, 0.717) is 6.54 Å². The minimum Gasteiger partial charge on any atom is -0.392 e. The largest absolute Gasteiger partial charge is 0.392 e. The van der Waals surface area contributed by atoms with Crippen molar-refractivity contribution in [2.45, 2.75) is 32.8 Å². The summed E-state index contributed by atoms with van der Waals surface area (Å²) in [5, 5.41) is 8.93. The van der Waals surface area contributed by atoms with Crippen molar-refractivity contribution in [3.63, 3.8) is 0 Å². The second kappa shape index (κ2) is 6.34. The molecule has 86 valence electrons. The molecule has 1 atom stereocenters. The molecule has 0 aromatic rings. The second-order valence-corrected chi connectivity index (χ2v) is 5.24. The third kappa shape index (κ3) is 5.54. The van der Waals surface area contributed by atoms with Crippen LogP contribution in [0.25, 0.3) is 0 Å². The second-order valence-electron chi connectivity index (χ2n) is 3.38. The highest BCUT2D eigenvalue weighted by Crippen LogP contribution is 1.97. The number of hydrogen-bond acceptors (Lipinski definition) is 3. The first kappa shape index (κ1) is 13.8. The first-order valence-corrected chi connectivity index (χ1v) is 6.23. The van der Waals surface area contributed by atoms with Gasteiger partial charge in [-0.15, -0.1) is 0 Å². The molecule has 0 aromatic carbocycles. The maximum Gasteiger partial charge on any atom is 0.279 e.